The van der Waals surface area contributed by atoms with Gasteiger partial charge in [-0.1, -0.05) is 23.9 Å². The highest BCUT2D eigenvalue weighted by atomic mass is 32.2. The van der Waals surface area contributed by atoms with Crippen molar-refractivity contribution in [2.45, 2.75) is 24.1 Å². The van der Waals surface area contributed by atoms with Gasteiger partial charge in [0.05, 0.1) is 23.8 Å². The molecule has 1 aromatic carbocycles. The molecule has 1 fully saturated rings. The Morgan fingerprint density at radius 2 is 2.10 bits per heavy atom. The van der Waals surface area contributed by atoms with Crippen LogP contribution in [0.2, 0.25) is 0 Å². The first-order valence-electron chi connectivity index (χ1n) is 9.76. The Hall–Kier alpha value is -2.27. The van der Waals surface area contributed by atoms with Crippen molar-refractivity contribution in [1.29, 1.82) is 0 Å². The van der Waals surface area contributed by atoms with E-state index < -0.39 is 9.84 Å². The van der Waals surface area contributed by atoms with E-state index in [0.29, 0.717) is 42.6 Å². The van der Waals surface area contributed by atoms with E-state index in [1.807, 2.05) is 35.9 Å². The third-order valence-corrected chi connectivity index (χ3v) is 8.01. The maximum absolute atomic E-state index is 12.2. The molecule has 0 unspecified atom stereocenters. The van der Waals surface area contributed by atoms with Crippen LogP contribution in [0, 0.1) is 5.92 Å². The van der Waals surface area contributed by atoms with E-state index in [1.165, 1.54) is 11.8 Å². The third kappa shape index (κ3) is 5.07. The van der Waals surface area contributed by atoms with Gasteiger partial charge in [-0.2, -0.15) is 0 Å². The fourth-order valence-corrected chi connectivity index (χ4v) is 6.13. The molecular formula is C19H24N4O5S2. The van der Waals surface area contributed by atoms with Crippen LogP contribution in [0.3, 0.4) is 0 Å². The predicted octanol–water partition coefficient (Wildman–Crippen LogP) is 0.841. The predicted molar refractivity (Wildman–Crippen MR) is 112 cm³/mol. The molecule has 1 N–H and O–H groups in total. The minimum Gasteiger partial charge on any atom is -0.486 e. The lowest BCUT2D eigenvalue weighted by Gasteiger charge is -2.26. The largest absolute Gasteiger partial charge is 0.486 e. The molecule has 9 nitrogen and oxygen atoms in total. The first-order chi connectivity index (χ1) is 14.4. The normalized spacial score (nSPS) is 22.0. The zero-order valence-corrected chi connectivity index (χ0v) is 18.2. The number of ether oxygens (including phenoxy) is 2. The van der Waals surface area contributed by atoms with Gasteiger partial charge in [0, 0.05) is 13.5 Å². The summed E-state index contributed by atoms with van der Waals surface area (Å²) >= 11 is 1.30. The number of hydrogen-bond donors (Lipinski definition) is 1. The highest BCUT2D eigenvalue weighted by Crippen LogP contribution is 2.30. The number of fused-ring (bicyclic) bond motifs is 1. The van der Waals surface area contributed by atoms with Gasteiger partial charge in [0.15, 0.2) is 26.5 Å². The number of nitrogens with one attached hydrogen (secondary N) is 1. The average Bonchev–Trinajstić information content (AvgIpc) is 3.26. The number of sulfone groups is 1. The van der Waals surface area contributed by atoms with E-state index in [2.05, 4.69) is 15.5 Å². The molecule has 30 heavy (non-hydrogen) atoms. The summed E-state index contributed by atoms with van der Waals surface area (Å²) in [5, 5.41) is 11.8. The van der Waals surface area contributed by atoms with Crippen molar-refractivity contribution in [2.24, 2.45) is 13.0 Å². The van der Waals surface area contributed by atoms with Gasteiger partial charge < -0.3 is 19.4 Å². The number of carbonyl (C=O) groups is 1. The molecule has 0 bridgehead atoms. The van der Waals surface area contributed by atoms with Crippen LogP contribution in [-0.4, -0.2) is 65.6 Å². The van der Waals surface area contributed by atoms with Crippen LogP contribution in [0.1, 0.15) is 12.2 Å². The van der Waals surface area contributed by atoms with Crippen LogP contribution in [-0.2, 0) is 28.1 Å². The molecule has 1 aromatic heterocycles. The molecular weight excluding hydrogens is 428 g/mol. The molecule has 2 aliphatic rings. The van der Waals surface area contributed by atoms with Crippen LogP contribution in [0.25, 0.3) is 0 Å². The number of carbonyl (C=O) groups excluding carboxylic acids is 1. The Morgan fingerprint density at radius 3 is 2.87 bits per heavy atom. The number of para-hydroxylation sites is 2. The topological polar surface area (TPSA) is 112 Å². The summed E-state index contributed by atoms with van der Waals surface area (Å²) in [4.78, 5) is 12.2. The first-order valence-corrected chi connectivity index (χ1v) is 12.6. The summed E-state index contributed by atoms with van der Waals surface area (Å²) < 4.78 is 36.6. The van der Waals surface area contributed by atoms with E-state index in [-0.39, 0.29) is 35.2 Å². The number of benzene rings is 1. The van der Waals surface area contributed by atoms with Gasteiger partial charge >= 0.3 is 0 Å². The van der Waals surface area contributed by atoms with Gasteiger partial charge in [-0.15, -0.1) is 10.2 Å². The van der Waals surface area contributed by atoms with E-state index in [9.17, 15) is 13.2 Å². The summed E-state index contributed by atoms with van der Waals surface area (Å²) in [6, 6.07) is 7.45. The van der Waals surface area contributed by atoms with Crippen molar-refractivity contribution < 1.29 is 22.7 Å². The molecule has 11 heteroatoms. The maximum Gasteiger partial charge on any atom is 0.230 e. The van der Waals surface area contributed by atoms with Crippen LogP contribution >= 0.6 is 11.8 Å². The van der Waals surface area contributed by atoms with Crippen molar-refractivity contribution >= 4 is 27.5 Å². The molecule has 1 amide bonds. The van der Waals surface area contributed by atoms with Crippen LogP contribution in [0.4, 0.5) is 0 Å². The molecule has 0 aliphatic carbocycles. The van der Waals surface area contributed by atoms with Crippen molar-refractivity contribution in [2.75, 3.05) is 30.4 Å². The Balaban J connectivity index is 1.22. The number of amides is 1. The summed E-state index contributed by atoms with van der Waals surface area (Å²) in [5.74, 6) is 2.75. The first kappa shape index (κ1) is 21.0. The SMILES string of the molecule is Cn1c(C[C@@H]2CCS(=O)(=O)C2)nnc1SCC(=O)NC[C@@H]1COc2ccccc2O1. The Kier molecular flexibility index (Phi) is 6.19. The summed E-state index contributed by atoms with van der Waals surface area (Å²) in [5.41, 5.74) is 0. The van der Waals surface area contributed by atoms with Gasteiger partial charge in [-0.25, -0.2) is 8.42 Å². The van der Waals surface area contributed by atoms with Crippen LogP contribution in [0.5, 0.6) is 11.5 Å². The van der Waals surface area contributed by atoms with E-state index in [4.69, 9.17) is 9.47 Å². The van der Waals surface area contributed by atoms with Crippen LogP contribution in [0.15, 0.2) is 29.4 Å². The summed E-state index contributed by atoms with van der Waals surface area (Å²) in [7, 11) is -1.07. The second-order valence-corrected chi connectivity index (χ2v) is 10.7. The molecule has 1 saturated heterocycles. The van der Waals surface area contributed by atoms with Gasteiger partial charge in [-0.3, -0.25) is 4.79 Å². The fraction of sp³-hybridized carbons (Fsp3) is 0.526. The van der Waals surface area contributed by atoms with E-state index >= 15 is 0 Å². The minimum absolute atomic E-state index is 0.0851. The van der Waals surface area contributed by atoms with Crippen LogP contribution < -0.4 is 14.8 Å². The molecule has 3 heterocycles. The lowest BCUT2D eigenvalue weighted by molar-refractivity contribution is -0.119. The second-order valence-electron chi connectivity index (χ2n) is 7.52. The zero-order valence-electron chi connectivity index (χ0n) is 16.6. The molecule has 0 spiro atoms. The van der Waals surface area contributed by atoms with Crippen molar-refractivity contribution in [3.05, 3.63) is 30.1 Å². The lowest BCUT2D eigenvalue weighted by atomic mass is 10.1. The Morgan fingerprint density at radius 1 is 1.30 bits per heavy atom. The second kappa shape index (κ2) is 8.84. The van der Waals surface area contributed by atoms with Gasteiger partial charge in [0.25, 0.3) is 0 Å². The highest BCUT2D eigenvalue weighted by Gasteiger charge is 2.29. The van der Waals surface area contributed by atoms with Gasteiger partial charge in [0.1, 0.15) is 18.5 Å². The maximum atomic E-state index is 12.2. The fourth-order valence-electron chi connectivity index (χ4n) is 3.51. The standard InChI is InChI=1S/C19H24N4O5S2/c1-23-17(8-13-6-7-30(25,26)12-13)21-22-19(23)29-11-18(24)20-9-14-10-27-15-4-2-3-5-16(15)28-14/h2-5,13-14H,6-12H2,1H3,(H,20,24)/t13-,14+/m0/s1. The molecule has 162 valence electrons. The smallest absolute Gasteiger partial charge is 0.230 e. The number of rotatable bonds is 7. The molecule has 2 aliphatic heterocycles. The minimum atomic E-state index is -2.91. The molecule has 0 radical (unpaired) electrons. The highest BCUT2D eigenvalue weighted by molar-refractivity contribution is 7.99. The molecule has 4 rings (SSSR count). The van der Waals surface area contributed by atoms with Gasteiger partial charge in [0.2, 0.25) is 5.91 Å². The van der Waals surface area contributed by atoms with Crippen molar-refractivity contribution in [1.82, 2.24) is 20.1 Å². The summed E-state index contributed by atoms with van der Waals surface area (Å²) in [6.45, 7) is 0.738. The zero-order chi connectivity index (χ0) is 21.1. The quantitative estimate of drug-likeness (QED) is 0.615. The number of thioether (sulfide) groups is 1. The lowest BCUT2D eigenvalue weighted by Crippen LogP contribution is -2.41. The van der Waals surface area contributed by atoms with Crippen molar-refractivity contribution in [3.63, 3.8) is 0 Å². The average molecular weight is 453 g/mol. The Bertz CT molecular complexity index is 1020. The number of aromatic nitrogens is 3. The summed E-state index contributed by atoms with van der Waals surface area (Å²) in [6.07, 6.45) is 1.01. The Labute approximate surface area is 179 Å². The van der Waals surface area contributed by atoms with E-state index in [1.54, 1.807) is 0 Å². The molecule has 2 aromatic rings. The number of hydrogen-bond acceptors (Lipinski definition) is 8. The molecule has 2 atom stereocenters. The number of nitrogens with zero attached hydrogens (tertiary/aromatic N) is 3. The monoisotopic (exact) mass is 452 g/mol. The van der Waals surface area contributed by atoms with Crippen molar-refractivity contribution in [3.8, 4) is 11.5 Å². The molecule has 0 saturated carbocycles. The van der Waals surface area contributed by atoms with E-state index in [0.717, 1.165) is 5.82 Å². The van der Waals surface area contributed by atoms with Gasteiger partial charge in [-0.05, 0) is 24.5 Å². The third-order valence-electron chi connectivity index (χ3n) is 5.15.